The molecular formula is C15H20FN3O2. The van der Waals surface area contributed by atoms with E-state index in [0.717, 1.165) is 5.56 Å². The molecule has 1 heterocycles. The van der Waals surface area contributed by atoms with Crippen molar-refractivity contribution in [3.05, 3.63) is 23.8 Å². The van der Waals surface area contributed by atoms with E-state index < -0.39 is 5.67 Å². The molecule has 0 saturated heterocycles. The van der Waals surface area contributed by atoms with Crippen molar-refractivity contribution in [2.45, 2.75) is 19.5 Å². The maximum atomic E-state index is 14.5. The van der Waals surface area contributed by atoms with Crippen molar-refractivity contribution in [1.82, 2.24) is 9.78 Å². The molecule has 21 heavy (non-hydrogen) atoms. The Morgan fingerprint density at radius 3 is 2.29 bits per heavy atom. The highest BCUT2D eigenvalue weighted by molar-refractivity contribution is 5.69. The first-order valence-electron chi connectivity index (χ1n) is 6.53. The van der Waals surface area contributed by atoms with Gasteiger partial charge in [-0.3, -0.25) is 4.68 Å². The SMILES string of the molecule is COc1cc(-c2cc(N)n(C)n2)cc(C(C)(C)F)c1OC. The molecule has 1 aromatic carbocycles. The first-order valence-corrected chi connectivity index (χ1v) is 6.53. The summed E-state index contributed by atoms with van der Waals surface area (Å²) in [6.07, 6.45) is 0. The molecule has 5 nitrogen and oxygen atoms in total. The number of alkyl halides is 1. The Bertz CT molecular complexity index is 640. The number of anilines is 1. The average molecular weight is 293 g/mol. The number of nitrogens with two attached hydrogens (primary N) is 1. The minimum atomic E-state index is -1.57. The smallest absolute Gasteiger partial charge is 0.167 e. The van der Waals surface area contributed by atoms with E-state index in [1.807, 2.05) is 0 Å². The minimum absolute atomic E-state index is 0.387. The molecule has 0 aliphatic carbocycles. The Morgan fingerprint density at radius 1 is 1.19 bits per heavy atom. The van der Waals surface area contributed by atoms with Gasteiger partial charge in [-0.2, -0.15) is 5.10 Å². The predicted octanol–water partition coefficient (Wildman–Crippen LogP) is 2.89. The monoisotopic (exact) mass is 293 g/mol. The number of hydrogen-bond acceptors (Lipinski definition) is 4. The fraction of sp³-hybridized carbons (Fsp3) is 0.400. The van der Waals surface area contributed by atoms with Crippen LogP contribution in [0.3, 0.4) is 0 Å². The number of halogens is 1. The molecule has 0 fully saturated rings. The lowest BCUT2D eigenvalue weighted by atomic mass is 9.95. The number of hydrogen-bond donors (Lipinski definition) is 1. The zero-order valence-electron chi connectivity index (χ0n) is 12.9. The number of aryl methyl sites for hydroxylation is 1. The second kappa shape index (κ2) is 5.27. The van der Waals surface area contributed by atoms with Crippen molar-refractivity contribution in [3.63, 3.8) is 0 Å². The van der Waals surface area contributed by atoms with Gasteiger partial charge in [0.25, 0.3) is 0 Å². The number of methoxy groups -OCH3 is 2. The molecule has 1 aromatic heterocycles. The fourth-order valence-corrected chi connectivity index (χ4v) is 2.18. The lowest BCUT2D eigenvalue weighted by Gasteiger charge is -2.21. The Kier molecular flexibility index (Phi) is 3.80. The lowest BCUT2D eigenvalue weighted by molar-refractivity contribution is 0.211. The molecule has 0 amide bonds. The normalized spacial score (nSPS) is 11.5. The van der Waals surface area contributed by atoms with Crippen molar-refractivity contribution in [2.75, 3.05) is 20.0 Å². The zero-order chi connectivity index (χ0) is 15.8. The van der Waals surface area contributed by atoms with Gasteiger partial charge in [0.2, 0.25) is 0 Å². The second-order valence-electron chi connectivity index (χ2n) is 5.31. The quantitative estimate of drug-likeness (QED) is 0.941. The number of nitrogen functional groups attached to an aromatic ring is 1. The minimum Gasteiger partial charge on any atom is -0.493 e. The van der Waals surface area contributed by atoms with Gasteiger partial charge >= 0.3 is 0 Å². The largest absolute Gasteiger partial charge is 0.493 e. The third-order valence-electron chi connectivity index (χ3n) is 3.33. The van der Waals surface area contributed by atoms with E-state index in [2.05, 4.69) is 5.10 Å². The predicted molar refractivity (Wildman–Crippen MR) is 80.3 cm³/mol. The highest BCUT2D eigenvalue weighted by Crippen LogP contribution is 2.42. The average Bonchev–Trinajstić information content (AvgIpc) is 2.76. The van der Waals surface area contributed by atoms with Crippen LogP contribution in [0.4, 0.5) is 10.2 Å². The van der Waals surface area contributed by atoms with Crippen molar-refractivity contribution in [3.8, 4) is 22.8 Å². The van der Waals surface area contributed by atoms with Gasteiger partial charge in [-0.25, -0.2) is 4.39 Å². The number of benzene rings is 1. The molecule has 0 aliphatic rings. The molecule has 0 bridgehead atoms. The summed E-state index contributed by atoms with van der Waals surface area (Å²) < 4.78 is 26.7. The van der Waals surface area contributed by atoms with Crippen LogP contribution >= 0.6 is 0 Å². The summed E-state index contributed by atoms with van der Waals surface area (Å²) in [4.78, 5) is 0. The molecule has 2 rings (SSSR count). The molecule has 0 radical (unpaired) electrons. The Morgan fingerprint density at radius 2 is 1.86 bits per heavy atom. The van der Waals surface area contributed by atoms with E-state index in [4.69, 9.17) is 15.2 Å². The van der Waals surface area contributed by atoms with Crippen LogP contribution in [0.15, 0.2) is 18.2 Å². The van der Waals surface area contributed by atoms with Crippen LogP contribution in [-0.4, -0.2) is 24.0 Å². The number of nitrogens with zero attached hydrogens (tertiary/aromatic N) is 2. The molecule has 0 spiro atoms. The van der Waals surface area contributed by atoms with Crippen molar-refractivity contribution in [2.24, 2.45) is 7.05 Å². The van der Waals surface area contributed by atoms with E-state index >= 15 is 0 Å². The molecule has 0 atom stereocenters. The molecule has 2 N–H and O–H groups in total. The molecule has 0 unspecified atom stereocenters. The van der Waals surface area contributed by atoms with Gasteiger partial charge < -0.3 is 15.2 Å². The van der Waals surface area contributed by atoms with Gasteiger partial charge in [0, 0.05) is 24.2 Å². The van der Waals surface area contributed by atoms with Gasteiger partial charge in [-0.05, 0) is 26.0 Å². The van der Waals surface area contributed by atoms with E-state index in [9.17, 15) is 4.39 Å². The van der Waals surface area contributed by atoms with Crippen LogP contribution in [0.1, 0.15) is 19.4 Å². The standard InChI is InChI=1S/C15H20FN3O2/c1-15(2,16)10-6-9(7-12(20-4)14(10)21-5)11-8-13(17)19(3)18-11/h6-8H,17H2,1-5H3. The zero-order valence-corrected chi connectivity index (χ0v) is 12.9. The van der Waals surface area contributed by atoms with E-state index in [1.54, 1.807) is 29.9 Å². The molecular weight excluding hydrogens is 273 g/mol. The summed E-state index contributed by atoms with van der Waals surface area (Å²) in [5.74, 6) is 1.37. The van der Waals surface area contributed by atoms with Crippen LogP contribution in [-0.2, 0) is 12.7 Å². The lowest BCUT2D eigenvalue weighted by Crippen LogP contribution is -2.12. The summed E-state index contributed by atoms with van der Waals surface area (Å²) in [5, 5.41) is 4.31. The summed E-state index contributed by atoms with van der Waals surface area (Å²) in [6.45, 7) is 2.95. The maximum absolute atomic E-state index is 14.5. The maximum Gasteiger partial charge on any atom is 0.167 e. The van der Waals surface area contributed by atoms with E-state index in [0.29, 0.717) is 28.6 Å². The molecule has 0 saturated carbocycles. The van der Waals surface area contributed by atoms with E-state index in [-0.39, 0.29) is 0 Å². The Labute approximate surface area is 123 Å². The van der Waals surface area contributed by atoms with Gasteiger partial charge in [-0.1, -0.05) is 0 Å². The highest BCUT2D eigenvalue weighted by Gasteiger charge is 2.27. The Hall–Kier alpha value is -2.24. The van der Waals surface area contributed by atoms with Gasteiger partial charge in [-0.15, -0.1) is 0 Å². The van der Waals surface area contributed by atoms with Crippen LogP contribution in [0, 0.1) is 0 Å². The van der Waals surface area contributed by atoms with E-state index in [1.165, 1.54) is 28.1 Å². The first kappa shape index (κ1) is 15.2. The third-order valence-corrected chi connectivity index (χ3v) is 3.33. The van der Waals surface area contributed by atoms with Crippen LogP contribution in [0.25, 0.3) is 11.3 Å². The summed E-state index contributed by atoms with van der Waals surface area (Å²) in [5.41, 5.74) is 6.01. The number of aromatic nitrogens is 2. The van der Waals surface area contributed by atoms with Crippen LogP contribution < -0.4 is 15.2 Å². The van der Waals surface area contributed by atoms with Gasteiger partial charge in [0.15, 0.2) is 11.5 Å². The topological polar surface area (TPSA) is 62.3 Å². The third kappa shape index (κ3) is 2.79. The van der Waals surface area contributed by atoms with Crippen LogP contribution in [0.5, 0.6) is 11.5 Å². The van der Waals surface area contributed by atoms with Crippen LogP contribution in [0.2, 0.25) is 0 Å². The molecule has 2 aromatic rings. The summed E-state index contributed by atoms with van der Waals surface area (Å²) in [7, 11) is 4.76. The fourth-order valence-electron chi connectivity index (χ4n) is 2.18. The summed E-state index contributed by atoms with van der Waals surface area (Å²) >= 11 is 0. The second-order valence-corrected chi connectivity index (χ2v) is 5.31. The molecule has 0 aliphatic heterocycles. The van der Waals surface area contributed by atoms with Crippen molar-refractivity contribution < 1.29 is 13.9 Å². The number of rotatable bonds is 4. The molecule has 114 valence electrons. The first-order chi connectivity index (χ1) is 9.77. The molecule has 6 heteroatoms. The number of ether oxygens (including phenoxy) is 2. The van der Waals surface area contributed by atoms with Gasteiger partial charge in [0.1, 0.15) is 11.5 Å². The summed E-state index contributed by atoms with van der Waals surface area (Å²) in [6, 6.07) is 5.20. The highest BCUT2D eigenvalue weighted by atomic mass is 19.1. The van der Waals surface area contributed by atoms with Gasteiger partial charge in [0.05, 0.1) is 19.9 Å². The van der Waals surface area contributed by atoms with Crippen molar-refractivity contribution >= 4 is 5.82 Å². The van der Waals surface area contributed by atoms with Crippen molar-refractivity contribution in [1.29, 1.82) is 0 Å². The Balaban J connectivity index is 2.68.